The summed E-state index contributed by atoms with van der Waals surface area (Å²) in [6, 6.07) is 12.9. The largest absolute Gasteiger partial charge is 0.346 e. The molecule has 1 aromatic carbocycles. The summed E-state index contributed by atoms with van der Waals surface area (Å²) in [6.45, 7) is 0.911. The molecule has 2 aromatic rings. The van der Waals surface area contributed by atoms with Crippen molar-refractivity contribution in [1.29, 1.82) is 0 Å². The fraction of sp³-hybridized carbons (Fsp3) is 0.143. The summed E-state index contributed by atoms with van der Waals surface area (Å²) in [4.78, 5) is 16.0. The van der Waals surface area contributed by atoms with E-state index in [0.717, 1.165) is 11.3 Å². The van der Waals surface area contributed by atoms with Gasteiger partial charge in [0.15, 0.2) is 0 Å². The standard InChI is InChI=1S/C14H15N3O.2ClH/c15-9-11-4-6-12(7-5-11)14(18)17-10-13-3-1-2-8-16-13;;/h1-8H,9-10,15H2,(H,17,18);2*1H. The van der Waals surface area contributed by atoms with Crippen LogP contribution in [0.25, 0.3) is 0 Å². The molecule has 0 unspecified atom stereocenters. The van der Waals surface area contributed by atoms with Gasteiger partial charge in [-0.2, -0.15) is 0 Å². The minimum absolute atomic E-state index is 0. The molecule has 20 heavy (non-hydrogen) atoms. The number of nitrogens with one attached hydrogen (secondary N) is 1. The molecule has 3 N–H and O–H groups in total. The predicted molar refractivity (Wildman–Crippen MR) is 84.2 cm³/mol. The number of rotatable bonds is 4. The van der Waals surface area contributed by atoms with Crippen LogP contribution < -0.4 is 11.1 Å². The van der Waals surface area contributed by atoms with Gasteiger partial charge in [0, 0.05) is 18.3 Å². The molecule has 0 aliphatic rings. The van der Waals surface area contributed by atoms with Crippen LogP contribution in [0.5, 0.6) is 0 Å². The molecular weight excluding hydrogens is 297 g/mol. The summed E-state index contributed by atoms with van der Waals surface area (Å²) in [5.41, 5.74) is 7.98. The smallest absolute Gasteiger partial charge is 0.251 e. The number of halogens is 2. The van der Waals surface area contributed by atoms with E-state index in [2.05, 4.69) is 10.3 Å². The predicted octanol–water partition coefficient (Wildman–Crippen LogP) is 2.31. The second-order valence-electron chi connectivity index (χ2n) is 3.90. The topological polar surface area (TPSA) is 68.0 Å². The van der Waals surface area contributed by atoms with Crippen LogP contribution in [0.15, 0.2) is 48.7 Å². The number of amides is 1. The van der Waals surface area contributed by atoms with Crippen molar-refractivity contribution in [3.05, 3.63) is 65.5 Å². The van der Waals surface area contributed by atoms with Gasteiger partial charge in [-0.25, -0.2) is 0 Å². The van der Waals surface area contributed by atoms with Crippen LogP contribution in [0.3, 0.4) is 0 Å². The molecule has 0 bridgehead atoms. The molecule has 4 nitrogen and oxygen atoms in total. The van der Waals surface area contributed by atoms with Crippen molar-refractivity contribution < 1.29 is 4.79 Å². The fourth-order valence-corrected chi connectivity index (χ4v) is 1.57. The summed E-state index contributed by atoms with van der Waals surface area (Å²) in [5.74, 6) is -0.107. The SMILES string of the molecule is Cl.Cl.NCc1ccc(C(=O)NCc2ccccn2)cc1. The number of carbonyl (C=O) groups excluding carboxylic acids is 1. The van der Waals surface area contributed by atoms with Crippen LogP contribution in [0.1, 0.15) is 21.6 Å². The molecule has 108 valence electrons. The molecule has 0 radical (unpaired) electrons. The Morgan fingerprint density at radius 2 is 1.80 bits per heavy atom. The van der Waals surface area contributed by atoms with Crippen molar-refractivity contribution >= 4 is 30.7 Å². The van der Waals surface area contributed by atoms with Crippen molar-refractivity contribution in [2.75, 3.05) is 0 Å². The second-order valence-corrected chi connectivity index (χ2v) is 3.90. The van der Waals surface area contributed by atoms with Crippen molar-refractivity contribution in [1.82, 2.24) is 10.3 Å². The zero-order valence-electron chi connectivity index (χ0n) is 10.8. The average molecular weight is 314 g/mol. The number of hydrogen-bond acceptors (Lipinski definition) is 3. The maximum absolute atomic E-state index is 11.8. The van der Waals surface area contributed by atoms with Gasteiger partial charge in [0.2, 0.25) is 0 Å². The van der Waals surface area contributed by atoms with E-state index in [1.54, 1.807) is 18.3 Å². The minimum Gasteiger partial charge on any atom is -0.346 e. The number of nitrogens with zero attached hydrogens (tertiary/aromatic N) is 1. The number of pyridine rings is 1. The molecular formula is C14H17Cl2N3O. The number of hydrogen-bond donors (Lipinski definition) is 2. The lowest BCUT2D eigenvalue weighted by atomic mass is 10.1. The van der Waals surface area contributed by atoms with Crippen LogP contribution >= 0.6 is 24.8 Å². The maximum Gasteiger partial charge on any atom is 0.251 e. The number of nitrogens with two attached hydrogens (primary N) is 1. The minimum atomic E-state index is -0.107. The van der Waals surface area contributed by atoms with E-state index in [4.69, 9.17) is 5.73 Å². The first-order valence-corrected chi connectivity index (χ1v) is 5.76. The van der Waals surface area contributed by atoms with Crippen molar-refractivity contribution in [2.24, 2.45) is 5.73 Å². The van der Waals surface area contributed by atoms with Gasteiger partial charge in [0.05, 0.1) is 12.2 Å². The Bertz CT molecular complexity index is 518. The van der Waals surface area contributed by atoms with Gasteiger partial charge >= 0.3 is 0 Å². The van der Waals surface area contributed by atoms with E-state index >= 15 is 0 Å². The molecule has 0 saturated heterocycles. The highest BCUT2D eigenvalue weighted by atomic mass is 35.5. The van der Waals surface area contributed by atoms with E-state index < -0.39 is 0 Å². The van der Waals surface area contributed by atoms with Crippen molar-refractivity contribution in [3.63, 3.8) is 0 Å². The summed E-state index contributed by atoms with van der Waals surface area (Å²) in [6.07, 6.45) is 1.71. The Morgan fingerprint density at radius 1 is 1.10 bits per heavy atom. The molecule has 1 aromatic heterocycles. The summed E-state index contributed by atoms with van der Waals surface area (Å²) >= 11 is 0. The highest BCUT2D eigenvalue weighted by Crippen LogP contribution is 2.04. The third kappa shape index (κ3) is 5.17. The van der Waals surface area contributed by atoms with Crippen molar-refractivity contribution in [2.45, 2.75) is 13.1 Å². The lowest BCUT2D eigenvalue weighted by molar-refractivity contribution is 0.0950. The highest BCUT2D eigenvalue weighted by Gasteiger charge is 2.04. The average Bonchev–Trinajstić information content (AvgIpc) is 2.46. The van der Waals surface area contributed by atoms with Gasteiger partial charge in [-0.15, -0.1) is 24.8 Å². The van der Waals surface area contributed by atoms with Gasteiger partial charge < -0.3 is 11.1 Å². The van der Waals surface area contributed by atoms with Crippen LogP contribution in [-0.2, 0) is 13.1 Å². The number of benzene rings is 1. The highest BCUT2D eigenvalue weighted by molar-refractivity contribution is 5.94. The summed E-state index contributed by atoms with van der Waals surface area (Å²) < 4.78 is 0. The summed E-state index contributed by atoms with van der Waals surface area (Å²) in [5, 5.41) is 2.82. The quantitative estimate of drug-likeness (QED) is 0.910. The van der Waals surface area contributed by atoms with Crippen LogP contribution in [0.4, 0.5) is 0 Å². The zero-order valence-corrected chi connectivity index (χ0v) is 12.4. The first-order chi connectivity index (χ1) is 8.79. The molecule has 0 aliphatic heterocycles. The molecule has 0 aliphatic carbocycles. The molecule has 6 heteroatoms. The number of aromatic nitrogens is 1. The molecule has 1 heterocycles. The van der Waals surface area contributed by atoms with E-state index in [1.165, 1.54) is 0 Å². The van der Waals surface area contributed by atoms with E-state index in [0.29, 0.717) is 18.7 Å². The zero-order chi connectivity index (χ0) is 12.8. The monoisotopic (exact) mass is 313 g/mol. The normalized spacial score (nSPS) is 9.05. The van der Waals surface area contributed by atoms with Crippen LogP contribution in [0, 0.1) is 0 Å². The maximum atomic E-state index is 11.8. The third-order valence-electron chi connectivity index (χ3n) is 2.61. The Morgan fingerprint density at radius 3 is 2.35 bits per heavy atom. The second kappa shape index (κ2) is 9.31. The molecule has 0 atom stereocenters. The van der Waals surface area contributed by atoms with Gasteiger partial charge in [-0.05, 0) is 29.8 Å². The van der Waals surface area contributed by atoms with E-state index in [1.807, 2.05) is 30.3 Å². The first kappa shape index (κ1) is 18.4. The lowest BCUT2D eigenvalue weighted by Gasteiger charge is -2.05. The van der Waals surface area contributed by atoms with Gasteiger partial charge in [0.1, 0.15) is 0 Å². The Hall–Kier alpha value is -1.62. The lowest BCUT2D eigenvalue weighted by Crippen LogP contribution is -2.23. The van der Waals surface area contributed by atoms with Crippen LogP contribution in [0.2, 0.25) is 0 Å². The van der Waals surface area contributed by atoms with Crippen molar-refractivity contribution in [3.8, 4) is 0 Å². The number of carbonyl (C=O) groups is 1. The first-order valence-electron chi connectivity index (χ1n) is 5.76. The molecule has 0 saturated carbocycles. The molecule has 0 spiro atoms. The molecule has 1 amide bonds. The van der Waals surface area contributed by atoms with Gasteiger partial charge in [0.25, 0.3) is 5.91 Å². The van der Waals surface area contributed by atoms with Gasteiger partial charge in [-0.3, -0.25) is 9.78 Å². The Balaban J connectivity index is 0.00000180. The Labute approximate surface area is 130 Å². The Kier molecular flexibility index (Phi) is 8.56. The fourth-order valence-electron chi connectivity index (χ4n) is 1.57. The third-order valence-corrected chi connectivity index (χ3v) is 2.61. The van der Waals surface area contributed by atoms with E-state index in [-0.39, 0.29) is 30.7 Å². The molecule has 2 rings (SSSR count). The van der Waals surface area contributed by atoms with Gasteiger partial charge in [-0.1, -0.05) is 18.2 Å². The van der Waals surface area contributed by atoms with Crippen LogP contribution in [-0.4, -0.2) is 10.9 Å². The summed E-state index contributed by atoms with van der Waals surface area (Å²) in [7, 11) is 0. The van der Waals surface area contributed by atoms with E-state index in [9.17, 15) is 4.79 Å². The molecule has 0 fully saturated rings.